The zero-order valence-corrected chi connectivity index (χ0v) is 30.3. The summed E-state index contributed by atoms with van der Waals surface area (Å²) in [5.74, 6) is 0.0818. The summed E-state index contributed by atoms with van der Waals surface area (Å²) >= 11 is 12.3. The molecule has 0 saturated heterocycles. The van der Waals surface area contributed by atoms with Crippen LogP contribution < -0.4 is 15.6 Å². The lowest BCUT2D eigenvalue weighted by atomic mass is 9.86. The molecule has 49 heavy (non-hydrogen) atoms. The summed E-state index contributed by atoms with van der Waals surface area (Å²) in [5, 5.41) is 0.793. The highest BCUT2D eigenvalue weighted by Crippen LogP contribution is 2.49. The number of hydrazine groups is 1. The van der Waals surface area contributed by atoms with Crippen molar-refractivity contribution in [3.8, 4) is 16.9 Å². The van der Waals surface area contributed by atoms with E-state index in [1.165, 1.54) is 0 Å². The molecule has 2 aliphatic rings. The van der Waals surface area contributed by atoms with Gasteiger partial charge in [0.25, 0.3) is 0 Å². The van der Waals surface area contributed by atoms with Crippen LogP contribution >= 0.6 is 23.2 Å². The van der Waals surface area contributed by atoms with Gasteiger partial charge in [-0.15, -0.1) is 0 Å². The molecule has 11 heteroatoms. The summed E-state index contributed by atoms with van der Waals surface area (Å²) < 4.78 is 21.9. The highest BCUT2D eigenvalue weighted by atomic mass is 35.5. The van der Waals surface area contributed by atoms with E-state index >= 15 is 0 Å². The molecule has 1 heterocycles. The Bertz CT molecular complexity index is 1680. The van der Waals surface area contributed by atoms with Gasteiger partial charge in [-0.3, -0.25) is 10.2 Å². The maximum absolute atomic E-state index is 12.7. The van der Waals surface area contributed by atoms with Crippen molar-refractivity contribution in [3.63, 3.8) is 0 Å². The highest BCUT2D eigenvalue weighted by Gasteiger charge is 2.52. The van der Waals surface area contributed by atoms with Gasteiger partial charge >= 0.3 is 18.0 Å². The number of methoxy groups -OCH3 is 1. The first-order chi connectivity index (χ1) is 23.3. The number of carbonyl (C=O) groups excluding carboxylic acids is 3. The van der Waals surface area contributed by atoms with Crippen molar-refractivity contribution in [1.82, 2.24) is 5.43 Å². The summed E-state index contributed by atoms with van der Waals surface area (Å²) in [7, 11) is 1.58. The number of nitrogens with one attached hydrogen (secondary N) is 2. The second-order valence-corrected chi connectivity index (χ2v) is 13.9. The number of rotatable bonds is 10. The lowest BCUT2D eigenvalue weighted by Gasteiger charge is -2.26. The average molecular weight is 712 g/mol. The minimum absolute atomic E-state index is 0.179. The third kappa shape index (κ3) is 9.70. The number of ether oxygens (including phenoxy) is 4. The summed E-state index contributed by atoms with van der Waals surface area (Å²) in [6, 6.07) is 20.6. The molecular formula is C38H44Cl2N2O7. The molecular weight excluding hydrogens is 667 g/mol. The quantitative estimate of drug-likeness (QED) is 0.122. The Balaban J connectivity index is 0.000000226. The molecule has 1 fully saturated rings. The molecule has 9 nitrogen and oxygen atoms in total. The first kappa shape index (κ1) is 37.6. The normalized spacial score (nSPS) is 15.0. The van der Waals surface area contributed by atoms with Crippen LogP contribution in [0.15, 0.2) is 72.5 Å². The molecule has 1 spiro atoms. The highest BCUT2D eigenvalue weighted by molar-refractivity contribution is 6.37. The van der Waals surface area contributed by atoms with Crippen LogP contribution in [0.25, 0.3) is 16.7 Å². The smallest absolute Gasteiger partial charge is 0.426 e. The first-order valence-corrected chi connectivity index (χ1v) is 17.1. The van der Waals surface area contributed by atoms with E-state index in [1.54, 1.807) is 39.2 Å². The van der Waals surface area contributed by atoms with Gasteiger partial charge in [-0.1, -0.05) is 92.9 Å². The molecule has 0 bridgehead atoms. The van der Waals surface area contributed by atoms with E-state index in [1.807, 2.05) is 69.3 Å². The van der Waals surface area contributed by atoms with Crippen molar-refractivity contribution >= 4 is 52.5 Å². The minimum atomic E-state index is -0.860. The monoisotopic (exact) mass is 710 g/mol. The third-order valence-corrected chi connectivity index (χ3v) is 9.04. The van der Waals surface area contributed by atoms with E-state index < -0.39 is 17.7 Å². The van der Waals surface area contributed by atoms with Crippen molar-refractivity contribution in [1.29, 1.82) is 0 Å². The minimum Gasteiger partial charge on any atom is -0.495 e. The Labute approximate surface area is 298 Å². The fourth-order valence-corrected chi connectivity index (χ4v) is 6.09. The molecule has 0 atom stereocenters. The predicted octanol–water partition coefficient (Wildman–Crippen LogP) is 9.77. The molecule has 1 aliphatic heterocycles. The van der Waals surface area contributed by atoms with E-state index in [0.29, 0.717) is 45.6 Å². The van der Waals surface area contributed by atoms with Crippen LogP contribution in [0.1, 0.15) is 78.7 Å². The topological polar surface area (TPSA) is 112 Å². The van der Waals surface area contributed by atoms with Crippen molar-refractivity contribution in [2.45, 2.75) is 84.8 Å². The molecule has 0 radical (unpaired) electrons. The molecule has 3 aromatic carbocycles. The molecule has 262 valence electrons. The van der Waals surface area contributed by atoms with Crippen LogP contribution in [0.4, 0.5) is 10.5 Å². The van der Waals surface area contributed by atoms with Gasteiger partial charge in [0.15, 0.2) is 11.4 Å². The van der Waals surface area contributed by atoms with Gasteiger partial charge < -0.3 is 18.9 Å². The molecule has 1 amide bonds. The zero-order chi connectivity index (χ0) is 35.8. The molecule has 5 rings (SSSR count). The van der Waals surface area contributed by atoms with E-state index in [-0.39, 0.29) is 29.5 Å². The molecule has 2 N–H and O–H groups in total. The van der Waals surface area contributed by atoms with Crippen LogP contribution in [0.5, 0.6) is 5.75 Å². The average Bonchev–Trinajstić information content (AvgIpc) is 3.63. The zero-order valence-electron chi connectivity index (χ0n) is 28.8. The second kappa shape index (κ2) is 16.5. The van der Waals surface area contributed by atoms with Crippen LogP contribution in [-0.4, -0.2) is 36.8 Å². The van der Waals surface area contributed by atoms with Gasteiger partial charge in [0.05, 0.1) is 30.3 Å². The lowest BCUT2D eigenvalue weighted by Crippen LogP contribution is -2.31. The van der Waals surface area contributed by atoms with Crippen molar-refractivity contribution < 1.29 is 33.3 Å². The maximum atomic E-state index is 12.7. The summed E-state index contributed by atoms with van der Waals surface area (Å²) in [6.45, 7) is 9.64. The number of hydrogen-bond donors (Lipinski definition) is 2. The Morgan fingerprint density at radius 3 is 2.29 bits per heavy atom. The summed E-state index contributed by atoms with van der Waals surface area (Å²) in [5.41, 5.74) is 7.76. The largest absolute Gasteiger partial charge is 0.495 e. The van der Waals surface area contributed by atoms with Gasteiger partial charge in [0.1, 0.15) is 11.3 Å². The second-order valence-electron chi connectivity index (χ2n) is 13.1. The molecule has 3 aromatic rings. The van der Waals surface area contributed by atoms with Crippen LogP contribution in [0.3, 0.4) is 0 Å². The fraction of sp³-hybridized carbons (Fsp3) is 0.395. The molecule has 1 aliphatic carbocycles. The number of halogens is 2. The fourth-order valence-electron chi connectivity index (χ4n) is 5.58. The van der Waals surface area contributed by atoms with E-state index in [9.17, 15) is 14.4 Å². The van der Waals surface area contributed by atoms with Crippen LogP contribution in [0, 0.1) is 5.41 Å². The van der Waals surface area contributed by atoms with Gasteiger partial charge in [-0.05, 0) is 80.3 Å². The standard InChI is InChI=1S/C21H24Cl2O4.C17H20N2O3/c1-4-20(2,3)12-16(24)26-18-17(14-8-7-13(22)11-15(14)23)19(25)27-21(18)9-5-6-10-21;1-12(2)22-17(20)19-18-15-11-14(9-10-16(15)21-3)13-7-5-4-6-8-13/h7-8,11H,4-6,9-10,12H2,1-3H3;4-12,18H,1-3H3,(H,19,20). The Morgan fingerprint density at radius 1 is 0.980 bits per heavy atom. The lowest BCUT2D eigenvalue weighted by molar-refractivity contribution is -0.153. The Hall–Kier alpha value is -4.21. The van der Waals surface area contributed by atoms with Gasteiger partial charge in [-0.25, -0.2) is 15.0 Å². The van der Waals surface area contributed by atoms with E-state index in [2.05, 4.69) is 10.9 Å². The summed E-state index contributed by atoms with van der Waals surface area (Å²) in [6.07, 6.45) is 3.51. The van der Waals surface area contributed by atoms with Crippen molar-refractivity contribution in [2.24, 2.45) is 5.41 Å². The number of esters is 2. The van der Waals surface area contributed by atoms with Gasteiger partial charge in [0.2, 0.25) is 0 Å². The Morgan fingerprint density at radius 2 is 1.67 bits per heavy atom. The van der Waals surface area contributed by atoms with Gasteiger partial charge in [-0.2, -0.15) is 0 Å². The molecule has 0 unspecified atom stereocenters. The van der Waals surface area contributed by atoms with E-state index in [0.717, 1.165) is 30.4 Å². The molecule has 0 aromatic heterocycles. The maximum Gasteiger partial charge on any atom is 0.426 e. The van der Waals surface area contributed by atoms with Crippen LogP contribution in [-0.2, 0) is 23.8 Å². The molecule has 1 saturated carbocycles. The van der Waals surface area contributed by atoms with Crippen LogP contribution in [0.2, 0.25) is 10.0 Å². The first-order valence-electron chi connectivity index (χ1n) is 16.4. The van der Waals surface area contributed by atoms with Crippen molar-refractivity contribution in [2.75, 3.05) is 12.5 Å². The Kier molecular flexibility index (Phi) is 12.6. The third-order valence-electron chi connectivity index (χ3n) is 8.49. The summed E-state index contributed by atoms with van der Waals surface area (Å²) in [4.78, 5) is 36.9. The number of carbonyl (C=O) groups is 3. The van der Waals surface area contributed by atoms with E-state index in [4.69, 9.17) is 42.1 Å². The number of benzene rings is 3. The number of amides is 1. The van der Waals surface area contributed by atoms with Gasteiger partial charge in [0, 0.05) is 10.6 Å². The number of anilines is 1. The SMILES string of the molecule is CCC(C)(C)CC(=O)OC1=C(c2ccc(Cl)cc2Cl)C(=O)OC12CCCC2.COc1ccc(-c2ccccc2)cc1NNC(=O)OC(C)C. The van der Waals surface area contributed by atoms with Crippen molar-refractivity contribution in [3.05, 3.63) is 88.1 Å². The number of hydrogen-bond acceptors (Lipinski definition) is 8. The predicted molar refractivity (Wildman–Crippen MR) is 192 cm³/mol.